The van der Waals surface area contributed by atoms with Gasteiger partial charge in [0.05, 0.1) is 6.04 Å². The summed E-state index contributed by atoms with van der Waals surface area (Å²) in [6.07, 6.45) is 3.34. The molecular weight excluding hydrogens is 284 g/mol. The third kappa shape index (κ3) is 2.69. The predicted octanol–water partition coefficient (Wildman–Crippen LogP) is 3.25. The van der Waals surface area contributed by atoms with Crippen LogP contribution in [-0.4, -0.2) is 30.9 Å². The van der Waals surface area contributed by atoms with E-state index in [1.54, 1.807) is 0 Å². The number of nitrogens with one attached hydrogen (secondary N) is 1. The maximum Gasteiger partial charge on any atom is 0.226 e. The van der Waals surface area contributed by atoms with Gasteiger partial charge in [0.15, 0.2) is 0 Å². The standard InChI is InChI=1S/C17H23ClN2O/c1-12(13-5-3-4-6-15(13)18)20(2)16(21)14-11-17(14)7-9-19-10-8-17/h3-6,12,14,19H,7-11H2,1-2H3. The van der Waals surface area contributed by atoms with Gasteiger partial charge in [0.2, 0.25) is 5.91 Å². The third-order valence-electron chi connectivity index (χ3n) is 5.37. The number of piperidine rings is 1. The van der Waals surface area contributed by atoms with Crippen LogP contribution in [0, 0.1) is 11.3 Å². The van der Waals surface area contributed by atoms with Crippen LogP contribution in [0.25, 0.3) is 0 Å². The van der Waals surface area contributed by atoms with E-state index in [9.17, 15) is 4.79 Å². The summed E-state index contributed by atoms with van der Waals surface area (Å²) in [6, 6.07) is 7.80. The molecule has 2 unspecified atom stereocenters. The van der Waals surface area contributed by atoms with E-state index in [0.29, 0.717) is 0 Å². The summed E-state index contributed by atoms with van der Waals surface area (Å²) in [7, 11) is 1.91. The lowest BCUT2D eigenvalue weighted by molar-refractivity contribution is -0.134. The normalized spacial score (nSPS) is 24.6. The van der Waals surface area contributed by atoms with Crippen LogP contribution in [0.3, 0.4) is 0 Å². The van der Waals surface area contributed by atoms with E-state index in [4.69, 9.17) is 11.6 Å². The van der Waals surface area contributed by atoms with Crippen molar-refractivity contribution in [2.24, 2.45) is 11.3 Å². The molecule has 1 aliphatic heterocycles. The fourth-order valence-electron chi connectivity index (χ4n) is 3.63. The number of benzene rings is 1. The lowest BCUT2D eigenvalue weighted by Gasteiger charge is -2.29. The molecule has 0 bridgehead atoms. The minimum Gasteiger partial charge on any atom is -0.339 e. The molecule has 1 heterocycles. The van der Waals surface area contributed by atoms with Gasteiger partial charge in [0.1, 0.15) is 0 Å². The maximum atomic E-state index is 12.8. The molecule has 21 heavy (non-hydrogen) atoms. The Labute approximate surface area is 131 Å². The Balaban J connectivity index is 1.69. The molecule has 1 N–H and O–H groups in total. The van der Waals surface area contributed by atoms with Crippen LogP contribution in [-0.2, 0) is 4.79 Å². The Morgan fingerprint density at radius 2 is 2.05 bits per heavy atom. The van der Waals surface area contributed by atoms with Crippen molar-refractivity contribution < 1.29 is 4.79 Å². The van der Waals surface area contributed by atoms with E-state index >= 15 is 0 Å². The van der Waals surface area contributed by atoms with Gasteiger partial charge >= 0.3 is 0 Å². The number of nitrogens with zero attached hydrogens (tertiary/aromatic N) is 1. The Morgan fingerprint density at radius 1 is 1.38 bits per heavy atom. The topological polar surface area (TPSA) is 32.3 Å². The first kappa shape index (κ1) is 14.9. The Morgan fingerprint density at radius 3 is 2.71 bits per heavy atom. The van der Waals surface area contributed by atoms with E-state index in [2.05, 4.69) is 12.2 Å². The molecule has 1 spiro atoms. The van der Waals surface area contributed by atoms with Crippen molar-refractivity contribution in [3.63, 3.8) is 0 Å². The predicted molar refractivity (Wildman–Crippen MR) is 85.3 cm³/mol. The van der Waals surface area contributed by atoms with Crippen LogP contribution in [0.1, 0.15) is 37.8 Å². The molecule has 2 atom stereocenters. The molecule has 4 heteroatoms. The Bertz CT molecular complexity index is 539. The Kier molecular flexibility index (Phi) is 3.98. The average Bonchev–Trinajstić information content (AvgIpc) is 3.19. The van der Waals surface area contributed by atoms with E-state index in [-0.39, 0.29) is 23.3 Å². The van der Waals surface area contributed by atoms with Crippen LogP contribution in [0.5, 0.6) is 0 Å². The molecule has 3 rings (SSSR count). The molecule has 1 saturated heterocycles. The van der Waals surface area contributed by atoms with Crippen LogP contribution in [0.4, 0.5) is 0 Å². The molecule has 2 fully saturated rings. The fourth-order valence-corrected chi connectivity index (χ4v) is 3.93. The van der Waals surface area contributed by atoms with Gasteiger partial charge in [-0.05, 0) is 56.3 Å². The van der Waals surface area contributed by atoms with Gasteiger partial charge in [-0.15, -0.1) is 0 Å². The molecule has 1 aromatic carbocycles. The van der Waals surface area contributed by atoms with Crippen LogP contribution in [0.2, 0.25) is 5.02 Å². The van der Waals surface area contributed by atoms with Crippen molar-refractivity contribution >= 4 is 17.5 Å². The largest absolute Gasteiger partial charge is 0.339 e. The highest BCUT2D eigenvalue weighted by molar-refractivity contribution is 6.31. The molecule has 1 saturated carbocycles. The van der Waals surface area contributed by atoms with E-state index in [0.717, 1.165) is 42.9 Å². The monoisotopic (exact) mass is 306 g/mol. The summed E-state index contributed by atoms with van der Waals surface area (Å²) in [6.45, 7) is 4.15. The highest BCUT2D eigenvalue weighted by atomic mass is 35.5. The number of rotatable bonds is 3. The van der Waals surface area contributed by atoms with Gasteiger partial charge in [-0.3, -0.25) is 4.79 Å². The average molecular weight is 307 g/mol. The maximum absolute atomic E-state index is 12.8. The summed E-state index contributed by atoms with van der Waals surface area (Å²) in [4.78, 5) is 14.6. The third-order valence-corrected chi connectivity index (χ3v) is 5.72. The summed E-state index contributed by atoms with van der Waals surface area (Å²) in [5.41, 5.74) is 1.31. The smallest absolute Gasteiger partial charge is 0.226 e. The highest BCUT2D eigenvalue weighted by Gasteiger charge is 2.58. The summed E-state index contributed by atoms with van der Waals surface area (Å²) in [5.74, 6) is 0.499. The van der Waals surface area contributed by atoms with Gasteiger partial charge in [-0.2, -0.15) is 0 Å². The van der Waals surface area contributed by atoms with E-state index < -0.39 is 0 Å². The molecule has 3 nitrogen and oxygen atoms in total. The molecular formula is C17H23ClN2O. The lowest BCUT2D eigenvalue weighted by Crippen LogP contribution is -2.35. The number of carbonyl (C=O) groups is 1. The van der Waals surface area contributed by atoms with Crippen LogP contribution < -0.4 is 5.32 Å². The second kappa shape index (κ2) is 5.62. The van der Waals surface area contributed by atoms with Gasteiger partial charge in [0.25, 0.3) is 0 Å². The molecule has 0 aromatic heterocycles. The fraction of sp³-hybridized carbons (Fsp3) is 0.588. The van der Waals surface area contributed by atoms with Gasteiger partial charge in [0, 0.05) is 18.0 Å². The lowest BCUT2D eigenvalue weighted by atomic mass is 9.91. The van der Waals surface area contributed by atoms with Crippen molar-refractivity contribution in [1.82, 2.24) is 10.2 Å². The zero-order chi connectivity index (χ0) is 15.0. The summed E-state index contributed by atoms with van der Waals surface area (Å²) >= 11 is 6.26. The molecule has 1 aromatic rings. The number of halogens is 1. The van der Waals surface area contributed by atoms with Crippen molar-refractivity contribution in [1.29, 1.82) is 0 Å². The first-order chi connectivity index (χ1) is 10.1. The quantitative estimate of drug-likeness (QED) is 0.929. The van der Waals surface area contributed by atoms with Crippen molar-refractivity contribution in [2.45, 2.75) is 32.2 Å². The number of hydrogen-bond acceptors (Lipinski definition) is 2. The first-order valence-electron chi connectivity index (χ1n) is 7.77. The van der Waals surface area contributed by atoms with Crippen LogP contribution >= 0.6 is 11.6 Å². The number of amides is 1. The summed E-state index contributed by atoms with van der Waals surface area (Å²) < 4.78 is 0. The second-order valence-corrected chi connectivity index (χ2v) is 6.92. The minimum absolute atomic E-state index is 0.0190. The number of hydrogen-bond donors (Lipinski definition) is 1. The van der Waals surface area contributed by atoms with E-state index in [1.165, 1.54) is 0 Å². The van der Waals surface area contributed by atoms with Gasteiger partial charge < -0.3 is 10.2 Å². The molecule has 1 aliphatic carbocycles. The van der Waals surface area contributed by atoms with Crippen molar-refractivity contribution in [3.8, 4) is 0 Å². The van der Waals surface area contributed by atoms with Gasteiger partial charge in [-0.1, -0.05) is 29.8 Å². The molecule has 0 radical (unpaired) electrons. The first-order valence-corrected chi connectivity index (χ1v) is 8.15. The van der Waals surface area contributed by atoms with E-state index in [1.807, 2.05) is 36.2 Å². The van der Waals surface area contributed by atoms with Crippen LogP contribution in [0.15, 0.2) is 24.3 Å². The minimum atomic E-state index is 0.0190. The zero-order valence-corrected chi connectivity index (χ0v) is 13.5. The van der Waals surface area contributed by atoms with Crippen molar-refractivity contribution in [2.75, 3.05) is 20.1 Å². The highest BCUT2D eigenvalue weighted by Crippen LogP contribution is 2.59. The molecule has 114 valence electrons. The Hall–Kier alpha value is -1.06. The SMILES string of the molecule is CC(c1ccccc1Cl)N(C)C(=O)C1CC12CCNCC2. The molecule has 1 amide bonds. The van der Waals surface area contributed by atoms with Gasteiger partial charge in [-0.25, -0.2) is 0 Å². The van der Waals surface area contributed by atoms with Crippen molar-refractivity contribution in [3.05, 3.63) is 34.9 Å². The second-order valence-electron chi connectivity index (χ2n) is 6.52. The zero-order valence-electron chi connectivity index (χ0n) is 12.7. The molecule has 2 aliphatic rings. The summed E-state index contributed by atoms with van der Waals surface area (Å²) in [5, 5.41) is 4.12. The number of carbonyl (C=O) groups excluding carboxylic acids is 1.